The molecule has 21 heavy (non-hydrogen) atoms. The zero-order chi connectivity index (χ0) is 14.7. The summed E-state index contributed by atoms with van der Waals surface area (Å²) >= 11 is 0. The second-order valence-corrected chi connectivity index (χ2v) is 6.88. The molecule has 2 aliphatic heterocycles. The van der Waals surface area contributed by atoms with Gasteiger partial charge >= 0.3 is 0 Å². The average Bonchev–Trinajstić information content (AvgIpc) is 2.81. The summed E-state index contributed by atoms with van der Waals surface area (Å²) in [6.45, 7) is 8.13. The summed E-state index contributed by atoms with van der Waals surface area (Å²) in [6.07, 6.45) is 4.06. The number of likely N-dealkylation sites (tertiary alicyclic amines) is 1. The van der Waals surface area contributed by atoms with Gasteiger partial charge in [-0.15, -0.1) is 0 Å². The van der Waals surface area contributed by atoms with Crippen molar-refractivity contribution in [2.45, 2.75) is 45.0 Å². The Hall–Kier alpha value is -0.900. The van der Waals surface area contributed by atoms with Gasteiger partial charge in [-0.1, -0.05) is 30.3 Å². The Balaban J connectivity index is 1.41. The van der Waals surface area contributed by atoms with Crippen LogP contribution in [0.4, 0.5) is 0 Å². The number of piperidine rings is 1. The summed E-state index contributed by atoms with van der Waals surface area (Å²) in [5.74, 6) is 0.442. The molecule has 0 aromatic heterocycles. The lowest BCUT2D eigenvalue weighted by atomic mass is 9.90. The fourth-order valence-corrected chi connectivity index (χ4v) is 3.46. The predicted octanol–water partition coefficient (Wildman–Crippen LogP) is 3.09. The largest absolute Gasteiger partial charge is 0.348 e. The van der Waals surface area contributed by atoms with Crippen molar-refractivity contribution < 1.29 is 9.47 Å². The Kier molecular flexibility index (Phi) is 4.63. The van der Waals surface area contributed by atoms with Gasteiger partial charge in [0.1, 0.15) is 0 Å². The van der Waals surface area contributed by atoms with Crippen LogP contribution in [0.1, 0.15) is 32.3 Å². The zero-order valence-corrected chi connectivity index (χ0v) is 13.3. The van der Waals surface area contributed by atoms with Crippen LogP contribution in [0, 0.1) is 5.92 Å². The van der Waals surface area contributed by atoms with Crippen molar-refractivity contribution >= 4 is 0 Å². The molecule has 1 aromatic rings. The van der Waals surface area contributed by atoms with Gasteiger partial charge in [-0.25, -0.2) is 0 Å². The van der Waals surface area contributed by atoms with Crippen LogP contribution in [0.15, 0.2) is 30.3 Å². The van der Waals surface area contributed by atoms with E-state index < -0.39 is 5.79 Å². The summed E-state index contributed by atoms with van der Waals surface area (Å²) in [7, 11) is 0. The van der Waals surface area contributed by atoms with E-state index in [1.54, 1.807) is 0 Å². The van der Waals surface area contributed by atoms with Gasteiger partial charge in [-0.05, 0) is 57.7 Å². The van der Waals surface area contributed by atoms with Gasteiger partial charge in [0.15, 0.2) is 5.79 Å². The van der Waals surface area contributed by atoms with Crippen LogP contribution < -0.4 is 0 Å². The minimum absolute atomic E-state index is 0.241. The predicted molar refractivity (Wildman–Crippen MR) is 84.2 cm³/mol. The van der Waals surface area contributed by atoms with Crippen LogP contribution in [0.2, 0.25) is 0 Å². The molecule has 1 unspecified atom stereocenters. The summed E-state index contributed by atoms with van der Waals surface area (Å²) in [5.41, 5.74) is 1.48. The molecule has 2 saturated heterocycles. The third-order valence-electron chi connectivity index (χ3n) is 4.60. The van der Waals surface area contributed by atoms with Gasteiger partial charge in [0.05, 0.1) is 12.7 Å². The molecule has 2 heterocycles. The lowest BCUT2D eigenvalue weighted by Crippen LogP contribution is -2.40. The van der Waals surface area contributed by atoms with Gasteiger partial charge in [0.25, 0.3) is 0 Å². The lowest BCUT2D eigenvalue weighted by Gasteiger charge is -2.33. The van der Waals surface area contributed by atoms with Crippen molar-refractivity contribution in [3.05, 3.63) is 35.9 Å². The van der Waals surface area contributed by atoms with Gasteiger partial charge in [-0.2, -0.15) is 0 Å². The van der Waals surface area contributed by atoms with Gasteiger partial charge in [0.2, 0.25) is 0 Å². The third kappa shape index (κ3) is 4.29. The first-order valence-electron chi connectivity index (χ1n) is 8.19. The van der Waals surface area contributed by atoms with Crippen LogP contribution in [0.5, 0.6) is 0 Å². The van der Waals surface area contributed by atoms with Crippen LogP contribution in [-0.2, 0) is 15.9 Å². The zero-order valence-electron chi connectivity index (χ0n) is 13.3. The quantitative estimate of drug-likeness (QED) is 0.850. The topological polar surface area (TPSA) is 21.7 Å². The molecule has 0 amide bonds. The highest BCUT2D eigenvalue weighted by molar-refractivity contribution is 5.15. The molecule has 2 fully saturated rings. The summed E-state index contributed by atoms with van der Waals surface area (Å²) < 4.78 is 11.6. The number of hydrogen-bond donors (Lipinski definition) is 0. The molecule has 116 valence electrons. The molecular formula is C18H27NO2. The summed E-state index contributed by atoms with van der Waals surface area (Å²) in [6, 6.07) is 10.9. The fraction of sp³-hybridized carbons (Fsp3) is 0.667. The Bertz CT molecular complexity index is 438. The molecule has 0 bridgehead atoms. The maximum atomic E-state index is 5.91. The highest BCUT2D eigenvalue weighted by atomic mass is 16.7. The molecule has 0 spiro atoms. The normalized spacial score (nSPS) is 27.0. The molecule has 0 radical (unpaired) electrons. The average molecular weight is 289 g/mol. The molecule has 0 N–H and O–H groups in total. The van der Waals surface area contributed by atoms with E-state index in [0.717, 1.165) is 19.1 Å². The van der Waals surface area contributed by atoms with Crippen molar-refractivity contribution in [2.75, 3.05) is 26.2 Å². The van der Waals surface area contributed by atoms with Crippen LogP contribution in [0.3, 0.4) is 0 Å². The Morgan fingerprint density at radius 3 is 2.48 bits per heavy atom. The van der Waals surface area contributed by atoms with Crippen molar-refractivity contribution in [3.8, 4) is 0 Å². The molecule has 0 aliphatic carbocycles. The molecule has 2 aliphatic rings. The lowest BCUT2D eigenvalue weighted by molar-refractivity contribution is -0.140. The number of ether oxygens (including phenoxy) is 2. The summed E-state index contributed by atoms with van der Waals surface area (Å²) in [5, 5.41) is 0. The van der Waals surface area contributed by atoms with Crippen LogP contribution in [-0.4, -0.2) is 43.0 Å². The van der Waals surface area contributed by atoms with E-state index in [1.165, 1.54) is 37.9 Å². The smallest absolute Gasteiger partial charge is 0.163 e. The minimum atomic E-state index is -0.393. The third-order valence-corrected chi connectivity index (χ3v) is 4.60. The second kappa shape index (κ2) is 6.47. The Morgan fingerprint density at radius 2 is 1.86 bits per heavy atom. The molecule has 3 nitrogen and oxygen atoms in total. The maximum absolute atomic E-state index is 5.91. The highest BCUT2D eigenvalue weighted by Crippen LogP contribution is 2.25. The highest BCUT2D eigenvalue weighted by Gasteiger charge is 2.34. The fourth-order valence-electron chi connectivity index (χ4n) is 3.46. The van der Waals surface area contributed by atoms with Crippen molar-refractivity contribution in [1.29, 1.82) is 0 Å². The molecule has 1 aromatic carbocycles. The maximum Gasteiger partial charge on any atom is 0.163 e. The minimum Gasteiger partial charge on any atom is -0.348 e. The van der Waals surface area contributed by atoms with Crippen LogP contribution in [0.25, 0.3) is 0 Å². The molecule has 1 atom stereocenters. The first kappa shape index (κ1) is 15.0. The van der Waals surface area contributed by atoms with Gasteiger partial charge in [0, 0.05) is 6.54 Å². The summed E-state index contributed by atoms with van der Waals surface area (Å²) in [4.78, 5) is 2.54. The first-order chi connectivity index (χ1) is 10.1. The Morgan fingerprint density at radius 1 is 1.14 bits per heavy atom. The van der Waals surface area contributed by atoms with E-state index >= 15 is 0 Å². The molecule has 3 rings (SSSR count). The number of hydrogen-bond acceptors (Lipinski definition) is 3. The monoisotopic (exact) mass is 289 g/mol. The van der Waals surface area contributed by atoms with E-state index in [-0.39, 0.29) is 6.10 Å². The second-order valence-electron chi connectivity index (χ2n) is 6.88. The van der Waals surface area contributed by atoms with E-state index in [9.17, 15) is 0 Å². The first-order valence-corrected chi connectivity index (χ1v) is 8.19. The number of benzene rings is 1. The van der Waals surface area contributed by atoms with Crippen molar-refractivity contribution in [3.63, 3.8) is 0 Å². The Labute approximate surface area is 128 Å². The van der Waals surface area contributed by atoms with E-state index in [4.69, 9.17) is 9.47 Å². The molecular weight excluding hydrogens is 262 g/mol. The molecule has 3 heteroatoms. The van der Waals surface area contributed by atoms with Crippen LogP contribution >= 0.6 is 0 Å². The molecule has 0 saturated carbocycles. The van der Waals surface area contributed by atoms with Gasteiger partial charge in [-0.3, -0.25) is 0 Å². The van der Waals surface area contributed by atoms with E-state index in [0.29, 0.717) is 0 Å². The number of nitrogens with zero attached hydrogens (tertiary/aromatic N) is 1. The number of rotatable bonds is 4. The van der Waals surface area contributed by atoms with Gasteiger partial charge < -0.3 is 14.4 Å². The standard InChI is InChI=1S/C18H27NO2/c1-18(2)20-14-17(21-18)13-19-10-8-16(9-11-19)12-15-6-4-3-5-7-15/h3-7,16-17H,8-14H2,1-2H3. The van der Waals surface area contributed by atoms with Crippen molar-refractivity contribution in [2.24, 2.45) is 5.92 Å². The van der Waals surface area contributed by atoms with E-state index in [1.807, 2.05) is 13.8 Å². The van der Waals surface area contributed by atoms with E-state index in [2.05, 4.69) is 35.2 Å². The SMILES string of the molecule is CC1(C)OCC(CN2CCC(Cc3ccccc3)CC2)O1. The van der Waals surface area contributed by atoms with Crippen molar-refractivity contribution in [1.82, 2.24) is 4.90 Å².